The minimum atomic E-state index is -0.179. The second-order valence-electron chi connectivity index (χ2n) is 21.6. The van der Waals surface area contributed by atoms with Crippen LogP contribution in [0.4, 0.5) is 0 Å². The highest BCUT2D eigenvalue weighted by molar-refractivity contribution is 6.24. The Morgan fingerprint density at radius 2 is 0.784 bits per heavy atom. The van der Waals surface area contributed by atoms with Crippen LogP contribution in [0.15, 0.2) is 215 Å². The van der Waals surface area contributed by atoms with Gasteiger partial charge in [-0.15, -0.1) is 0 Å². The van der Waals surface area contributed by atoms with E-state index in [0.717, 1.165) is 105 Å². The maximum atomic E-state index is 7.07. The Morgan fingerprint density at radius 1 is 0.324 bits per heavy atom. The third kappa shape index (κ3) is 5.68. The van der Waals surface area contributed by atoms with E-state index in [2.05, 4.69) is 228 Å². The van der Waals surface area contributed by atoms with Gasteiger partial charge in [0.1, 0.15) is 22.3 Å². The van der Waals surface area contributed by atoms with Gasteiger partial charge < -0.3 is 8.83 Å². The van der Waals surface area contributed by atoms with E-state index in [1.54, 1.807) is 0 Å². The molecule has 0 fully saturated rings. The Bertz CT molecular complexity index is 4760. The SMILES string of the molecule is CC1(C)c2ccccc2-c2ccc(-c3ccc4oc5c(-c6ccc7c(c6)C(C)(C)c6ccccc6-7)c6oc7ccc(-c8cccc(-c9cnc%10c%11ccccc%11c%11ccccc%11c%10n9)c8)cc7c6cc5c4c3)cc21. The van der Waals surface area contributed by atoms with Crippen LogP contribution >= 0.6 is 0 Å². The second-order valence-corrected chi connectivity index (χ2v) is 21.6. The Hall–Kier alpha value is -9.12. The largest absolute Gasteiger partial charge is 0.455 e. The lowest BCUT2D eigenvalue weighted by Crippen LogP contribution is -2.14. The Balaban J connectivity index is 0.878. The lowest BCUT2D eigenvalue weighted by Gasteiger charge is -2.22. The van der Waals surface area contributed by atoms with Crippen molar-refractivity contribution in [3.63, 3.8) is 0 Å². The first-order chi connectivity index (χ1) is 36.2. The molecule has 11 aromatic carbocycles. The van der Waals surface area contributed by atoms with Crippen molar-refractivity contribution in [2.24, 2.45) is 0 Å². The lowest BCUT2D eigenvalue weighted by atomic mass is 9.81. The molecule has 0 spiro atoms. The minimum absolute atomic E-state index is 0.0984. The third-order valence-electron chi connectivity index (χ3n) is 16.9. The van der Waals surface area contributed by atoms with Crippen LogP contribution in [-0.2, 0) is 10.8 Å². The van der Waals surface area contributed by atoms with Crippen molar-refractivity contribution in [3.8, 4) is 66.9 Å². The van der Waals surface area contributed by atoms with Crippen molar-refractivity contribution < 1.29 is 8.83 Å². The average Bonchev–Trinajstić information content (AvgIpc) is 4.16. The highest BCUT2D eigenvalue weighted by Gasteiger charge is 2.37. The molecule has 0 aliphatic heterocycles. The van der Waals surface area contributed by atoms with Gasteiger partial charge in [-0.05, 0) is 132 Å². The number of rotatable bonds is 4. The molecule has 4 heteroatoms. The number of fused-ring (bicyclic) bond motifs is 18. The summed E-state index contributed by atoms with van der Waals surface area (Å²) in [6.07, 6.45) is 1.92. The summed E-state index contributed by atoms with van der Waals surface area (Å²) in [5, 5.41) is 8.82. The number of furan rings is 2. The molecule has 0 bridgehead atoms. The van der Waals surface area contributed by atoms with Crippen molar-refractivity contribution in [1.82, 2.24) is 9.97 Å². The molecule has 0 unspecified atom stereocenters. The molecule has 0 atom stereocenters. The van der Waals surface area contributed by atoms with Gasteiger partial charge >= 0.3 is 0 Å². The zero-order valence-electron chi connectivity index (χ0n) is 41.3. The molecule has 14 aromatic rings. The average molecular weight is 947 g/mol. The van der Waals surface area contributed by atoms with Gasteiger partial charge in [0, 0.05) is 48.7 Å². The van der Waals surface area contributed by atoms with Crippen molar-refractivity contribution in [3.05, 3.63) is 229 Å². The van der Waals surface area contributed by atoms with E-state index in [4.69, 9.17) is 18.8 Å². The number of aromatic nitrogens is 2. The van der Waals surface area contributed by atoms with Gasteiger partial charge in [0.2, 0.25) is 0 Å². The summed E-state index contributed by atoms with van der Waals surface area (Å²) in [6.45, 7) is 9.37. The van der Waals surface area contributed by atoms with Crippen LogP contribution in [-0.4, -0.2) is 9.97 Å². The minimum Gasteiger partial charge on any atom is -0.455 e. The lowest BCUT2D eigenvalue weighted by molar-refractivity contribution is 0.656. The van der Waals surface area contributed by atoms with Crippen molar-refractivity contribution >= 4 is 76.5 Å². The number of nitrogens with zero attached hydrogens (tertiary/aromatic N) is 2. The molecular weight excluding hydrogens is 901 g/mol. The van der Waals surface area contributed by atoms with Gasteiger partial charge in [-0.1, -0.05) is 179 Å². The monoisotopic (exact) mass is 946 g/mol. The maximum Gasteiger partial charge on any atom is 0.147 e. The zero-order chi connectivity index (χ0) is 49.2. The smallest absolute Gasteiger partial charge is 0.147 e. The Labute approximate surface area is 427 Å². The fraction of sp³-hybridized carbons (Fsp3) is 0.0857. The summed E-state index contributed by atoms with van der Waals surface area (Å²) in [7, 11) is 0. The Kier molecular flexibility index (Phi) is 8.27. The number of benzene rings is 11. The van der Waals surface area contributed by atoms with Gasteiger partial charge in [-0.3, -0.25) is 4.98 Å². The summed E-state index contributed by atoms with van der Waals surface area (Å²) in [4.78, 5) is 10.4. The highest BCUT2D eigenvalue weighted by Crippen LogP contribution is 2.53. The van der Waals surface area contributed by atoms with Gasteiger partial charge in [0.15, 0.2) is 0 Å². The molecule has 0 N–H and O–H groups in total. The van der Waals surface area contributed by atoms with Crippen LogP contribution in [0.1, 0.15) is 49.9 Å². The normalized spacial score (nSPS) is 14.2. The summed E-state index contributed by atoms with van der Waals surface area (Å²) in [5.41, 5.74) is 23.9. The van der Waals surface area contributed by atoms with E-state index in [-0.39, 0.29) is 10.8 Å². The van der Waals surface area contributed by atoms with Gasteiger partial charge in [0.05, 0.1) is 28.5 Å². The van der Waals surface area contributed by atoms with E-state index in [9.17, 15) is 0 Å². The predicted octanol–water partition coefficient (Wildman–Crippen LogP) is 19.0. The highest BCUT2D eigenvalue weighted by atomic mass is 16.3. The molecule has 348 valence electrons. The number of hydrogen-bond acceptors (Lipinski definition) is 4. The second kappa shape index (κ2) is 14.7. The molecule has 3 aromatic heterocycles. The summed E-state index contributed by atoms with van der Waals surface area (Å²) in [6, 6.07) is 72.9. The third-order valence-corrected chi connectivity index (χ3v) is 16.9. The Morgan fingerprint density at radius 3 is 1.39 bits per heavy atom. The van der Waals surface area contributed by atoms with E-state index < -0.39 is 0 Å². The van der Waals surface area contributed by atoms with Crippen LogP contribution in [0, 0.1) is 0 Å². The van der Waals surface area contributed by atoms with Gasteiger partial charge in [-0.25, -0.2) is 4.98 Å². The van der Waals surface area contributed by atoms with Crippen molar-refractivity contribution in [2.75, 3.05) is 0 Å². The van der Waals surface area contributed by atoms with Crippen molar-refractivity contribution in [1.29, 1.82) is 0 Å². The molecule has 3 heterocycles. The van der Waals surface area contributed by atoms with E-state index >= 15 is 0 Å². The standard InChI is InChI=1S/C70H46N2O2/c1-69(2)57-22-11-9-18-47(57)49-28-24-42(35-59(49)69)41-27-31-63-54(34-41)56-37-55-53-33-40(39-14-13-15-43(32-39)61-38-71-65-51-20-7-5-16-45(51)46-17-6-8-21-52(46)66(65)72-61)26-30-62(53)73-67(55)64(68(56)74-63)44-25-29-50-48-19-10-12-23-58(48)70(3,4)60(50)36-44/h5-38H,1-4H3. The van der Waals surface area contributed by atoms with Crippen LogP contribution in [0.3, 0.4) is 0 Å². The zero-order valence-corrected chi connectivity index (χ0v) is 41.3. The van der Waals surface area contributed by atoms with E-state index in [1.165, 1.54) is 60.8 Å². The molecule has 4 nitrogen and oxygen atoms in total. The van der Waals surface area contributed by atoms with Gasteiger partial charge in [-0.2, -0.15) is 0 Å². The summed E-state index contributed by atoms with van der Waals surface area (Å²) >= 11 is 0. The van der Waals surface area contributed by atoms with Crippen LogP contribution in [0.5, 0.6) is 0 Å². The van der Waals surface area contributed by atoms with Crippen LogP contribution < -0.4 is 0 Å². The molecule has 0 amide bonds. The first-order valence-corrected chi connectivity index (χ1v) is 25.7. The summed E-state index contributed by atoms with van der Waals surface area (Å²) < 4.78 is 14.1. The topological polar surface area (TPSA) is 52.1 Å². The van der Waals surface area contributed by atoms with Crippen molar-refractivity contribution in [2.45, 2.75) is 38.5 Å². The molecule has 0 radical (unpaired) electrons. The molecule has 16 rings (SSSR count). The molecule has 0 saturated heterocycles. The van der Waals surface area contributed by atoms with Crippen LogP contribution in [0.25, 0.3) is 143 Å². The number of hydrogen-bond donors (Lipinski definition) is 0. The fourth-order valence-corrected chi connectivity index (χ4v) is 13.1. The van der Waals surface area contributed by atoms with E-state index in [0.29, 0.717) is 0 Å². The molecule has 74 heavy (non-hydrogen) atoms. The first-order valence-electron chi connectivity index (χ1n) is 25.7. The molecule has 0 saturated carbocycles. The maximum absolute atomic E-state index is 7.07. The molecule has 2 aliphatic carbocycles. The summed E-state index contributed by atoms with van der Waals surface area (Å²) in [5.74, 6) is 0. The van der Waals surface area contributed by atoms with E-state index in [1.807, 2.05) is 6.20 Å². The first kappa shape index (κ1) is 41.5. The van der Waals surface area contributed by atoms with Crippen LogP contribution in [0.2, 0.25) is 0 Å². The van der Waals surface area contributed by atoms with Gasteiger partial charge in [0.25, 0.3) is 0 Å². The predicted molar refractivity (Wildman–Crippen MR) is 306 cm³/mol. The molecule has 2 aliphatic rings. The quantitative estimate of drug-likeness (QED) is 0.165. The molecular formula is C70H46N2O2. The fourth-order valence-electron chi connectivity index (χ4n) is 13.1.